The minimum atomic E-state index is -0.613. The van der Waals surface area contributed by atoms with E-state index in [0.29, 0.717) is 11.4 Å². The first-order chi connectivity index (χ1) is 12.2. The second-order valence-corrected chi connectivity index (χ2v) is 8.70. The lowest BCUT2D eigenvalue weighted by atomic mass is 9.78. The van der Waals surface area contributed by atoms with Gasteiger partial charge in [-0.05, 0) is 58.1 Å². The Morgan fingerprint density at radius 1 is 0.962 bits per heavy atom. The van der Waals surface area contributed by atoms with Crippen LogP contribution in [-0.2, 0) is 9.31 Å². The predicted octanol–water partition coefficient (Wildman–Crippen LogP) is 5.98. The first-order valence-corrected chi connectivity index (χ1v) is 10.4. The molecule has 0 aromatic heterocycles. The summed E-state index contributed by atoms with van der Waals surface area (Å²) in [6.07, 6.45) is 9.36. The van der Waals surface area contributed by atoms with E-state index in [1.54, 1.807) is 6.07 Å². The average Bonchev–Trinajstić information content (AvgIpc) is 3.36. The van der Waals surface area contributed by atoms with Crippen molar-refractivity contribution in [1.29, 1.82) is 0 Å². The van der Waals surface area contributed by atoms with Gasteiger partial charge in [0.1, 0.15) is 5.82 Å². The maximum atomic E-state index is 14.2. The third-order valence-corrected chi connectivity index (χ3v) is 5.79. The molecule has 0 N–H and O–H groups in total. The number of halogens is 1. The largest absolute Gasteiger partial charge is 0.497 e. The Kier molecular flexibility index (Phi) is 7.32. The zero-order valence-electron chi connectivity index (χ0n) is 17.5. The fourth-order valence-corrected chi connectivity index (χ4v) is 3.05. The predicted molar refractivity (Wildman–Crippen MR) is 109 cm³/mol. The molecule has 1 saturated carbocycles. The molecule has 0 unspecified atom stereocenters. The molecule has 2 aliphatic rings. The molecule has 3 rings (SSSR count). The van der Waals surface area contributed by atoms with Crippen LogP contribution in [-0.4, -0.2) is 18.3 Å². The van der Waals surface area contributed by atoms with E-state index in [1.807, 2.05) is 39.8 Å². The lowest BCUT2D eigenvalue weighted by Crippen LogP contribution is -2.41. The number of benzene rings is 1. The number of hydrogen-bond acceptors (Lipinski definition) is 2. The van der Waals surface area contributed by atoms with Crippen molar-refractivity contribution >= 4 is 12.6 Å². The van der Waals surface area contributed by atoms with Crippen molar-refractivity contribution in [1.82, 2.24) is 0 Å². The zero-order valence-corrected chi connectivity index (χ0v) is 17.5. The molecule has 1 saturated heterocycles. The van der Waals surface area contributed by atoms with Gasteiger partial charge in [-0.3, -0.25) is 0 Å². The highest BCUT2D eigenvalue weighted by molar-refractivity contribution is 6.62. The molecule has 146 valence electrons. The molecule has 26 heavy (non-hydrogen) atoms. The first kappa shape index (κ1) is 21.4. The summed E-state index contributed by atoms with van der Waals surface area (Å²) in [5.74, 6) is 0.338. The van der Waals surface area contributed by atoms with E-state index in [4.69, 9.17) is 9.31 Å². The van der Waals surface area contributed by atoms with Gasteiger partial charge >= 0.3 is 7.12 Å². The molecule has 0 spiro atoms. The van der Waals surface area contributed by atoms with Gasteiger partial charge in [0.25, 0.3) is 0 Å². The summed E-state index contributed by atoms with van der Waals surface area (Å²) in [5, 5.41) is 0. The van der Waals surface area contributed by atoms with Crippen molar-refractivity contribution in [2.75, 3.05) is 0 Å². The number of unbranched alkanes of at least 4 members (excludes halogenated alkanes) is 4. The van der Waals surface area contributed by atoms with Crippen molar-refractivity contribution in [2.45, 2.75) is 104 Å². The normalized spacial score (nSPS) is 20.7. The van der Waals surface area contributed by atoms with E-state index in [-0.39, 0.29) is 5.82 Å². The van der Waals surface area contributed by atoms with Gasteiger partial charge in [0.2, 0.25) is 0 Å². The molecule has 0 radical (unpaired) electrons. The van der Waals surface area contributed by atoms with Crippen LogP contribution in [0.3, 0.4) is 0 Å². The Balaban J connectivity index is 0.000000298. The van der Waals surface area contributed by atoms with Crippen molar-refractivity contribution in [3.63, 3.8) is 0 Å². The van der Waals surface area contributed by atoms with Gasteiger partial charge in [-0.2, -0.15) is 0 Å². The Morgan fingerprint density at radius 3 is 1.92 bits per heavy atom. The molecule has 4 heteroatoms. The lowest BCUT2D eigenvalue weighted by Gasteiger charge is -2.32. The molecule has 1 aromatic rings. The summed E-state index contributed by atoms with van der Waals surface area (Å²) in [7, 11) is -0.613. The second-order valence-electron chi connectivity index (χ2n) is 8.70. The van der Waals surface area contributed by atoms with Crippen molar-refractivity contribution in [3.8, 4) is 0 Å². The smallest absolute Gasteiger partial charge is 0.399 e. The maximum Gasteiger partial charge on any atom is 0.497 e. The van der Waals surface area contributed by atoms with Crippen LogP contribution in [0.4, 0.5) is 4.39 Å². The van der Waals surface area contributed by atoms with E-state index in [0.717, 1.165) is 5.56 Å². The maximum absolute atomic E-state index is 14.2. The molecular weight excluding hydrogens is 326 g/mol. The number of hydrogen-bond donors (Lipinski definition) is 0. The van der Waals surface area contributed by atoms with Gasteiger partial charge in [-0.1, -0.05) is 58.1 Å². The van der Waals surface area contributed by atoms with E-state index in [2.05, 4.69) is 13.8 Å². The molecule has 1 aromatic carbocycles. The van der Waals surface area contributed by atoms with Gasteiger partial charge in [0.05, 0.1) is 11.2 Å². The Labute approximate surface area is 160 Å². The number of rotatable bonds is 6. The van der Waals surface area contributed by atoms with Crippen LogP contribution in [0, 0.1) is 5.82 Å². The fraction of sp³-hybridized carbons (Fsp3) is 0.727. The Morgan fingerprint density at radius 2 is 1.50 bits per heavy atom. The summed E-state index contributed by atoms with van der Waals surface area (Å²) in [6.45, 7) is 12.4. The van der Waals surface area contributed by atoms with Crippen LogP contribution in [0.5, 0.6) is 0 Å². The van der Waals surface area contributed by atoms with Crippen LogP contribution in [0.1, 0.15) is 98.0 Å². The summed E-state index contributed by atoms with van der Waals surface area (Å²) in [5.41, 5.74) is 0.735. The van der Waals surface area contributed by atoms with Crippen molar-refractivity contribution < 1.29 is 13.7 Å². The topological polar surface area (TPSA) is 18.5 Å². The summed E-state index contributed by atoms with van der Waals surface area (Å²) in [6, 6.07) is 5.45. The van der Waals surface area contributed by atoms with Gasteiger partial charge < -0.3 is 9.31 Å². The minimum Gasteiger partial charge on any atom is -0.399 e. The van der Waals surface area contributed by atoms with Crippen LogP contribution in [0.15, 0.2) is 18.2 Å². The Hall–Kier alpha value is -0.865. The van der Waals surface area contributed by atoms with E-state index < -0.39 is 18.3 Å². The fourth-order valence-electron chi connectivity index (χ4n) is 3.05. The van der Waals surface area contributed by atoms with Gasteiger partial charge in [0, 0.05) is 5.46 Å². The van der Waals surface area contributed by atoms with Crippen LogP contribution < -0.4 is 5.46 Å². The molecular formula is C22H36BFO2. The first-order valence-electron chi connectivity index (χ1n) is 10.4. The van der Waals surface area contributed by atoms with Gasteiger partial charge in [-0.25, -0.2) is 4.39 Å². The highest BCUT2D eigenvalue weighted by Gasteiger charge is 2.52. The highest BCUT2D eigenvalue weighted by atomic mass is 19.1. The van der Waals surface area contributed by atoms with Gasteiger partial charge in [0.15, 0.2) is 0 Å². The van der Waals surface area contributed by atoms with E-state index in [9.17, 15) is 4.39 Å². The Bertz CT molecular complexity index is 562. The van der Waals surface area contributed by atoms with E-state index >= 15 is 0 Å². The molecule has 1 aliphatic carbocycles. The van der Waals surface area contributed by atoms with Crippen molar-refractivity contribution in [2.24, 2.45) is 0 Å². The van der Waals surface area contributed by atoms with Gasteiger partial charge in [-0.15, -0.1) is 0 Å². The quantitative estimate of drug-likeness (QED) is 0.458. The highest BCUT2D eigenvalue weighted by Crippen LogP contribution is 2.40. The third-order valence-electron chi connectivity index (χ3n) is 5.79. The van der Waals surface area contributed by atoms with E-state index in [1.165, 1.54) is 44.9 Å². The SMILES string of the molecule is CC1(C)OB(c2ccc(C3CC3)cc2F)OC1(C)C.CCCCCCC. The standard InChI is InChI=1S/C15H20BFO2.C7H16/c1-14(2)15(3,4)19-16(18-14)12-8-7-11(9-13(12)17)10-5-6-10;1-3-5-7-6-4-2/h7-10H,5-6H2,1-4H3;3-7H2,1-2H3. The van der Waals surface area contributed by atoms with Crippen molar-refractivity contribution in [3.05, 3.63) is 29.6 Å². The molecule has 0 amide bonds. The molecule has 2 nitrogen and oxygen atoms in total. The average molecular weight is 362 g/mol. The molecule has 1 aliphatic heterocycles. The summed E-state index contributed by atoms with van der Waals surface area (Å²) >= 11 is 0. The molecule has 2 fully saturated rings. The molecule has 0 atom stereocenters. The molecule has 0 bridgehead atoms. The van der Waals surface area contributed by atoms with Crippen LogP contribution in [0.2, 0.25) is 0 Å². The monoisotopic (exact) mass is 362 g/mol. The van der Waals surface area contributed by atoms with Crippen LogP contribution >= 0.6 is 0 Å². The second kappa shape index (κ2) is 8.88. The summed E-state index contributed by atoms with van der Waals surface area (Å²) < 4.78 is 26.0. The minimum absolute atomic E-state index is 0.220. The van der Waals surface area contributed by atoms with Crippen LogP contribution in [0.25, 0.3) is 0 Å². The molecule has 1 heterocycles. The lowest BCUT2D eigenvalue weighted by molar-refractivity contribution is 0.00578. The third kappa shape index (κ3) is 5.33. The summed E-state index contributed by atoms with van der Waals surface area (Å²) in [4.78, 5) is 0. The zero-order chi connectivity index (χ0) is 19.4.